The number of thioether (sulfide) groups is 1. The molecule has 0 saturated heterocycles. The van der Waals surface area contributed by atoms with E-state index >= 15 is 0 Å². The molecule has 2 aromatic rings. The summed E-state index contributed by atoms with van der Waals surface area (Å²) >= 11 is 1.71. The van der Waals surface area contributed by atoms with E-state index < -0.39 is 0 Å². The third-order valence-corrected chi connectivity index (χ3v) is 6.24. The van der Waals surface area contributed by atoms with Gasteiger partial charge in [0.25, 0.3) is 0 Å². The zero-order valence-corrected chi connectivity index (χ0v) is 16.7. The molecule has 4 heteroatoms. The zero-order valence-electron chi connectivity index (χ0n) is 15.9. The Labute approximate surface area is 166 Å². The number of nitrogens with zero attached hydrogens (tertiary/aromatic N) is 1. The molecule has 142 valence electrons. The van der Waals surface area contributed by atoms with Gasteiger partial charge in [0, 0.05) is 29.9 Å². The second-order valence-electron chi connectivity index (χ2n) is 7.32. The maximum absolute atomic E-state index is 13.0. The minimum absolute atomic E-state index is 0.0544. The summed E-state index contributed by atoms with van der Waals surface area (Å²) in [6, 6.07) is 13.7. The summed E-state index contributed by atoms with van der Waals surface area (Å²) in [6.07, 6.45) is 10.1. The minimum atomic E-state index is -0.0967. The molecule has 1 heterocycles. The highest BCUT2D eigenvalue weighted by atomic mass is 32.2. The summed E-state index contributed by atoms with van der Waals surface area (Å²) in [6.45, 7) is 0. The lowest BCUT2D eigenvalue weighted by Crippen LogP contribution is -2.17. The Balaban J connectivity index is 1.68. The molecule has 0 aliphatic heterocycles. The van der Waals surface area contributed by atoms with Crippen LogP contribution >= 0.6 is 11.8 Å². The summed E-state index contributed by atoms with van der Waals surface area (Å²) in [5, 5.41) is 0. The van der Waals surface area contributed by atoms with Crippen molar-refractivity contribution in [2.24, 2.45) is 5.92 Å². The first-order chi connectivity index (χ1) is 13.2. The standard InChI is InChI=1S/C23H27NO2S/c1-27-19-11-9-18(10-12-19)20(16-17-6-2-3-7-17)22(25)13-14-23(26)21-8-4-5-15-24-21/h4-5,8-12,15,17,20H,2-3,6-7,13-14,16H2,1H3. The van der Waals surface area contributed by atoms with Crippen LogP contribution in [0.4, 0.5) is 0 Å². The fourth-order valence-corrected chi connectivity index (χ4v) is 4.34. The van der Waals surface area contributed by atoms with Crippen molar-refractivity contribution in [2.75, 3.05) is 6.26 Å². The van der Waals surface area contributed by atoms with E-state index in [4.69, 9.17) is 0 Å². The zero-order chi connectivity index (χ0) is 19.1. The van der Waals surface area contributed by atoms with Gasteiger partial charge in [-0.3, -0.25) is 14.6 Å². The second kappa shape index (κ2) is 9.84. The molecular formula is C23H27NO2S. The molecule has 3 nitrogen and oxygen atoms in total. The second-order valence-corrected chi connectivity index (χ2v) is 8.20. The molecule has 1 aromatic carbocycles. The Morgan fingerprint density at radius 2 is 1.81 bits per heavy atom. The molecule has 0 spiro atoms. The van der Waals surface area contributed by atoms with Crippen molar-refractivity contribution < 1.29 is 9.59 Å². The predicted molar refractivity (Wildman–Crippen MR) is 110 cm³/mol. The van der Waals surface area contributed by atoms with Gasteiger partial charge >= 0.3 is 0 Å². The quantitative estimate of drug-likeness (QED) is 0.413. The third-order valence-electron chi connectivity index (χ3n) is 5.50. The van der Waals surface area contributed by atoms with E-state index in [1.165, 1.54) is 30.6 Å². The lowest BCUT2D eigenvalue weighted by molar-refractivity contribution is -0.120. The number of carbonyl (C=O) groups excluding carboxylic acids is 2. The summed E-state index contributed by atoms with van der Waals surface area (Å²) in [7, 11) is 0. The molecule has 27 heavy (non-hydrogen) atoms. The lowest BCUT2D eigenvalue weighted by atomic mass is 9.83. The van der Waals surface area contributed by atoms with Crippen LogP contribution in [0.1, 0.15) is 66.9 Å². The fourth-order valence-electron chi connectivity index (χ4n) is 3.94. The highest BCUT2D eigenvalue weighted by Gasteiger charge is 2.27. The number of carbonyl (C=O) groups is 2. The van der Waals surface area contributed by atoms with E-state index in [1.807, 2.05) is 0 Å². The highest BCUT2D eigenvalue weighted by molar-refractivity contribution is 7.98. The topological polar surface area (TPSA) is 47.0 Å². The molecule has 0 bridgehead atoms. The molecule has 0 amide bonds. The number of rotatable bonds is 9. The van der Waals surface area contributed by atoms with Crippen LogP contribution in [0.3, 0.4) is 0 Å². The Morgan fingerprint density at radius 1 is 1.07 bits per heavy atom. The van der Waals surface area contributed by atoms with Gasteiger partial charge in [-0.15, -0.1) is 11.8 Å². The van der Waals surface area contributed by atoms with Crippen LogP contribution in [0.2, 0.25) is 0 Å². The molecule has 1 atom stereocenters. The van der Waals surface area contributed by atoms with Gasteiger partial charge < -0.3 is 0 Å². The van der Waals surface area contributed by atoms with E-state index in [2.05, 4.69) is 35.5 Å². The van der Waals surface area contributed by atoms with Gasteiger partial charge in [-0.05, 0) is 48.4 Å². The average Bonchev–Trinajstić information content (AvgIpc) is 3.24. The van der Waals surface area contributed by atoms with E-state index in [0.717, 1.165) is 12.0 Å². The first-order valence-electron chi connectivity index (χ1n) is 9.78. The van der Waals surface area contributed by atoms with Crippen molar-refractivity contribution in [1.29, 1.82) is 0 Å². The van der Waals surface area contributed by atoms with Gasteiger partial charge in [-0.1, -0.05) is 43.9 Å². The van der Waals surface area contributed by atoms with Crippen molar-refractivity contribution in [2.45, 2.75) is 55.8 Å². The van der Waals surface area contributed by atoms with Crippen molar-refractivity contribution in [3.05, 3.63) is 59.9 Å². The normalized spacial score (nSPS) is 15.6. The van der Waals surface area contributed by atoms with Gasteiger partial charge in [0.05, 0.1) is 0 Å². The summed E-state index contributed by atoms with van der Waals surface area (Å²) in [5.41, 5.74) is 1.54. The number of hydrogen-bond donors (Lipinski definition) is 0. The van der Waals surface area contributed by atoms with Crippen molar-refractivity contribution in [3.63, 3.8) is 0 Å². The number of ketones is 2. The largest absolute Gasteiger partial charge is 0.299 e. The maximum Gasteiger partial charge on any atom is 0.181 e. The van der Waals surface area contributed by atoms with E-state index in [-0.39, 0.29) is 30.3 Å². The smallest absolute Gasteiger partial charge is 0.181 e. The Bertz CT molecular complexity index is 752. The average molecular weight is 382 g/mol. The van der Waals surface area contributed by atoms with Crippen LogP contribution < -0.4 is 0 Å². The molecule has 1 aliphatic carbocycles. The first kappa shape index (κ1) is 19.8. The van der Waals surface area contributed by atoms with E-state index in [0.29, 0.717) is 11.6 Å². The molecule has 3 rings (SSSR count). The third kappa shape index (κ3) is 5.52. The SMILES string of the molecule is CSc1ccc(C(CC2CCCC2)C(=O)CCC(=O)c2ccccn2)cc1. The molecule has 1 aliphatic rings. The molecular weight excluding hydrogens is 354 g/mol. The minimum Gasteiger partial charge on any atom is -0.299 e. The molecule has 0 radical (unpaired) electrons. The maximum atomic E-state index is 13.0. The van der Waals surface area contributed by atoms with Crippen LogP contribution in [-0.2, 0) is 4.79 Å². The molecule has 1 saturated carbocycles. The number of hydrogen-bond acceptors (Lipinski definition) is 4. The molecule has 1 unspecified atom stereocenters. The summed E-state index contributed by atoms with van der Waals surface area (Å²) < 4.78 is 0. The van der Waals surface area contributed by atoms with Crippen molar-refractivity contribution in [3.8, 4) is 0 Å². The number of pyridine rings is 1. The summed E-state index contributed by atoms with van der Waals surface area (Å²) in [4.78, 5) is 30.7. The number of aromatic nitrogens is 1. The Kier molecular flexibility index (Phi) is 7.22. The van der Waals surface area contributed by atoms with Gasteiger partial charge in [-0.25, -0.2) is 0 Å². The van der Waals surface area contributed by atoms with Crippen LogP contribution in [0, 0.1) is 5.92 Å². The molecule has 1 fully saturated rings. The van der Waals surface area contributed by atoms with E-state index in [1.54, 1.807) is 36.2 Å². The summed E-state index contributed by atoms with van der Waals surface area (Å²) in [5.74, 6) is 0.663. The first-order valence-corrected chi connectivity index (χ1v) is 11.0. The monoisotopic (exact) mass is 381 g/mol. The molecule has 1 aromatic heterocycles. The van der Waals surface area contributed by atoms with Crippen LogP contribution in [-0.4, -0.2) is 22.8 Å². The van der Waals surface area contributed by atoms with Crippen molar-refractivity contribution in [1.82, 2.24) is 4.98 Å². The van der Waals surface area contributed by atoms with Crippen LogP contribution in [0.15, 0.2) is 53.6 Å². The van der Waals surface area contributed by atoms with Crippen molar-refractivity contribution >= 4 is 23.3 Å². The van der Waals surface area contributed by atoms with Gasteiger partial charge in [0.15, 0.2) is 5.78 Å². The predicted octanol–water partition coefficient (Wildman–Crippen LogP) is 5.70. The Hall–Kier alpha value is -1.94. The highest BCUT2D eigenvalue weighted by Crippen LogP contribution is 2.35. The van der Waals surface area contributed by atoms with Crippen LogP contribution in [0.5, 0.6) is 0 Å². The van der Waals surface area contributed by atoms with Gasteiger partial charge in [0.2, 0.25) is 0 Å². The number of benzene rings is 1. The number of Topliss-reactive ketones (excluding diaryl/α,β-unsaturated/α-hetero) is 2. The van der Waals surface area contributed by atoms with Gasteiger partial charge in [0.1, 0.15) is 11.5 Å². The molecule has 0 N–H and O–H groups in total. The Morgan fingerprint density at radius 3 is 2.44 bits per heavy atom. The lowest BCUT2D eigenvalue weighted by Gasteiger charge is -2.20. The van der Waals surface area contributed by atoms with Crippen LogP contribution in [0.25, 0.3) is 0 Å². The fraction of sp³-hybridized carbons (Fsp3) is 0.435. The van der Waals surface area contributed by atoms with Gasteiger partial charge in [-0.2, -0.15) is 0 Å². The van der Waals surface area contributed by atoms with E-state index in [9.17, 15) is 9.59 Å².